The van der Waals surface area contributed by atoms with Crippen LogP contribution in [-0.4, -0.2) is 37.1 Å². The lowest BCUT2D eigenvalue weighted by atomic mass is 9.75. The van der Waals surface area contributed by atoms with Gasteiger partial charge >= 0.3 is 0 Å². The fourth-order valence-corrected chi connectivity index (χ4v) is 3.05. The van der Waals surface area contributed by atoms with Gasteiger partial charge in [-0.25, -0.2) is 0 Å². The molecule has 1 saturated heterocycles. The van der Waals surface area contributed by atoms with E-state index in [-0.39, 0.29) is 0 Å². The molecule has 0 bridgehead atoms. The van der Waals surface area contributed by atoms with Gasteiger partial charge in [0.05, 0.1) is 0 Å². The Hall–Kier alpha value is -0.0800. The van der Waals surface area contributed by atoms with Crippen molar-refractivity contribution in [3.8, 4) is 0 Å². The molecule has 0 aliphatic carbocycles. The number of hydrogen-bond acceptors (Lipinski definition) is 2. The van der Waals surface area contributed by atoms with Crippen molar-refractivity contribution in [3.63, 3.8) is 0 Å². The van der Waals surface area contributed by atoms with E-state index >= 15 is 0 Å². The largest absolute Gasteiger partial charge is 0.315 e. The highest BCUT2D eigenvalue weighted by Crippen LogP contribution is 2.34. The molecule has 0 atom stereocenters. The topological polar surface area (TPSA) is 15.3 Å². The summed E-state index contributed by atoms with van der Waals surface area (Å²) in [5.41, 5.74) is 0.509. The van der Waals surface area contributed by atoms with E-state index in [1.54, 1.807) is 0 Å². The van der Waals surface area contributed by atoms with Crippen molar-refractivity contribution in [1.82, 2.24) is 10.2 Å². The summed E-state index contributed by atoms with van der Waals surface area (Å²) in [7, 11) is 0. The number of rotatable bonds is 7. The molecule has 0 amide bonds. The van der Waals surface area contributed by atoms with Crippen LogP contribution >= 0.6 is 0 Å². The van der Waals surface area contributed by atoms with Crippen LogP contribution in [0.3, 0.4) is 0 Å². The van der Waals surface area contributed by atoms with Crippen LogP contribution in [0.5, 0.6) is 0 Å². The predicted molar refractivity (Wildman–Crippen MR) is 85.6 cm³/mol. The molecular weight excluding hydrogens is 232 g/mol. The Labute approximate surface area is 121 Å². The Morgan fingerprint density at radius 3 is 2.21 bits per heavy atom. The normalized spacial score (nSPS) is 19.3. The maximum absolute atomic E-state index is 3.49. The number of hydrogen-bond donors (Lipinski definition) is 1. The van der Waals surface area contributed by atoms with Gasteiger partial charge in [-0.15, -0.1) is 0 Å². The minimum Gasteiger partial charge on any atom is -0.315 e. The zero-order valence-electron chi connectivity index (χ0n) is 14.0. The van der Waals surface area contributed by atoms with Gasteiger partial charge in [-0.1, -0.05) is 41.0 Å². The number of nitrogens with one attached hydrogen (secondary N) is 1. The number of piperidine rings is 1. The van der Waals surface area contributed by atoms with E-state index < -0.39 is 0 Å². The first-order valence-corrected chi connectivity index (χ1v) is 8.35. The molecule has 0 radical (unpaired) electrons. The van der Waals surface area contributed by atoms with Crippen molar-refractivity contribution < 1.29 is 0 Å². The maximum Gasteiger partial charge on any atom is 0.00103 e. The minimum absolute atomic E-state index is 0.509. The van der Waals surface area contributed by atoms with Crippen LogP contribution in [0.25, 0.3) is 0 Å². The molecule has 2 heteroatoms. The van der Waals surface area contributed by atoms with Gasteiger partial charge < -0.3 is 10.2 Å². The number of unbranched alkanes of at least 4 members (excludes halogenated alkanes) is 2. The molecule has 0 spiro atoms. The molecule has 0 aromatic rings. The van der Waals surface area contributed by atoms with Crippen LogP contribution in [0, 0.1) is 11.3 Å². The molecule has 19 heavy (non-hydrogen) atoms. The smallest absolute Gasteiger partial charge is 0.00103 e. The van der Waals surface area contributed by atoms with Crippen molar-refractivity contribution in [1.29, 1.82) is 0 Å². The van der Waals surface area contributed by atoms with E-state index in [2.05, 4.69) is 44.8 Å². The Morgan fingerprint density at radius 2 is 1.68 bits per heavy atom. The van der Waals surface area contributed by atoms with Crippen LogP contribution in [0.4, 0.5) is 0 Å². The first-order chi connectivity index (χ1) is 8.89. The highest BCUT2D eigenvalue weighted by Gasteiger charge is 2.28. The number of likely N-dealkylation sites (tertiary alicyclic amines) is 1. The van der Waals surface area contributed by atoms with E-state index in [4.69, 9.17) is 0 Å². The predicted octanol–water partition coefficient (Wildman–Crippen LogP) is 3.91. The second-order valence-electron chi connectivity index (χ2n) is 7.65. The average Bonchev–Trinajstić information content (AvgIpc) is 2.32. The van der Waals surface area contributed by atoms with E-state index in [0.717, 1.165) is 5.92 Å². The van der Waals surface area contributed by atoms with Crippen molar-refractivity contribution >= 4 is 0 Å². The fraction of sp³-hybridized carbons (Fsp3) is 1.00. The third-order valence-electron chi connectivity index (χ3n) is 4.52. The van der Waals surface area contributed by atoms with Crippen LogP contribution < -0.4 is 5.32 Å². The van der Waals surface area contributed by atoms with Gasteiger partial charge in [0, 0.05) is 6.04 Å². The standard InChI is InChI=1S/C17H36N2/c1-15(2)18-11-7-6-8-12-19-13-9-16(10-14-19)17(3,4)5/h15-16,18H,6-14H2,1-5H3. The molecule has 0 saturated carbocycles. The molecule has 1 heterocycles. The van der Waals surface area contributed by atoms with Crippen molar-refractivity contribution in [2.24, 2.45) is 11.3 Å². The minimum atomic E-state index is 0.509. The van der Waals surface area contributed by atoms with Crippen molar-refractivity contribution in [2.45, 2.75) is 72.8 Å². The molecular formula is C17H36N2. The summed E-state index contributed by atoms with van der Waals surface area (Å²) >= 11 is 0. The zero-order chi connectivity index (χ0) is 14.3. The first kappa shape index (κ1) is 17.0. The summed E-state index contributed by atoms with van der Waals surface area (Å²) in [6, 6.07) is 0.636. The van der Waals surface area contributed by atoms with Gasteiger partial charge in [0.2, 0.25) is 0 Å². The Balaban J connectivity index is 2.01. The molecule has 1 fully saturated rings. The Morgan fingerprint density at radius 1 is 1.05 bits per heavy atom. The van der Waals surface area contributed by atoms with Gasteiger partial charge in [0.1, 0.15) is 0 Å². The van der Waals surface area contributed by atoms with Gasteiger partial charge in [-0.3, -0.25) is 0 Å². The maximum atomic E-state index is 3.49. The second-order valence-corrected chi connectivity index (χ2v) is 7.65. The first-order valence-electron chi connectivity index (χ1n) is 8.35. The zero-order valence-corrected chi connectivity index (χ0v) is 14.0. The highest BCUT2D eigenvalue weighted by atomic mass is 15.1. The van der Waals surface area contributed by atoms with Gasteiger partial charge in [-0.05, 0) is 63.2 Å². The second kappa shape index (κ2) is 8.26. The lowest BCUT2D eigenvalue weighted by molar-refractivity contribution is 0.111. The highest BCUT2D eigenvalue weighted by molar-refractivity contribution is 4.80. The summed E-state index contributed by atoms with van der Waals surface area (Å²) in [6.45, 7) is 16.8. The van der Waals surface area contributed by atoms with Crippen LogP contribution in [0.1, 0.15) is 66.7 Å². The summed E-state index contributed by atoms with van der Waals surface area (Å²) < 4.78 is 0. The third kappa shape index (κ3) is 7.31. The molecule has 1 rings (SSSR count). The van der Waals surface area contributed by atoms with Crippen molar-refractivity contribution in [2.75, 3.05) is 26.2 Å². The average molecular weight is 268 g/mol. The summed E-state index contributed by atoms with van der Waals surface area (Å²) in [5.74, 6) is 0.930. The van der Waals surface area contributed by atoms with Gasteiger partial charge in [-0.2, -0.15) is 0 Å². The summed E-state index contributed by atoms with van der Waals surface area (Å²) in [5, 5.41) is 3.49. The molecule has 0 aromatic carbocycles. The molecule has 1 N–H and O–H groups in total. The molecule has 1 aliphatic rings. The van der Waals surface area contributed by atoms with Crippen LogP contribution in [0.15, 0.2) is 0 Å². The fourth-order valence-electron chi connectivity index (χ4n) is 3.05. The number of nitrogens with zero attached hydrogens (tertiary/aromatic N) is 1. The summed E-state index contributed by atoms with van der Waals surface area (Å²) in [6.07, 6.45) is 6.88. The van der Waals surface area contributed by atoms with E-state index in [9.17, 15) is 0 Å². The molecule has 0 aromatic heterocycles. The summed E-state index contributed by atoms with van der Waals surface area (Å²) in [4.78, 5) is 2.68. The van der Waals surface area contributed by atoms with E-state index in [0.29, 0.717) is 11.5 Å². The monoisotopic (exact) mass is 268 g/mol. The molecule has 114 valence electrons. The Kier molecular flexibility index (Phi) is 7.38. The van der Waals surface area contributed by atoms with Gasteiger partial charge in [0.25, 0.3) is 0 Å². The SMILES string of the molecule is CC(C)NCCCCCN1CCC(C(C)(C)C)CC1. The molecule has 2 nitrogen and oxygen atoms in total. The quantitative estimate of drug-likeness (QED) is 0.704. The van der Waals surface area contributed by atoms with Crippen molar-refractivity contribution in [3.05, 3.63) is 0 Å². The van der Waals surface area contributed by atoms with Crippen LogP contribution in [-0.2, 0) is 0 Å². The van der Waals surface area contributed by atoms with E-state index in [1.807, 2.05) is 0 Å². The van der Waals surface area contributed by atoms with Gasteiger partial charge in [0.15, 0.2) is 0 Å². The lowest BCUT2D eigenvalue weighted by Crippen LogP contribution is -2.38. The molecule has 0 unspecified atom stereocenters. The molecule has 1 aliphatic heterocycles. The Bertz CT molecular complexity index is 222. The van der Waals surface area contributed by atoms with E-state index in [1.165, 1.54) is 58.3 Å². The third-order valence-corrected chi connectivity index (χ3v) is 4.52. The lowest BCUT2D eigenvalue weighted by Gasteiger charge is -2.38. The van der Waals surface area contributed by atoms with Crippen LogP contribution in [0.2, 0.25) is 0 Å².